The monoisotopic (exact) mass is 357 g/mol. The lowest BCUT2D eigenvalue weighted by Gasteiger charge is -2.34. The summed E-state index contributed by atoms with van der Waals surface area (Å²) in [4.78, 5) is 35.4. The predicted molar refractivity (Wildman–Crippen MR) is 93.8 cm³/mol. The van der Waals surface area contributed by atoms with Crippen LogP contribution in [-0.2, 0) is 16.0 Å². The van der Waals surface area contributed by atoms with E-state index in [-0.39, 0.29) is 22.2 Å². The fourth-order valence-corrected chi connectivity index (χ4v) is 3.34. The zero-order valence-electron chi connectivity index (χ0n) is 13.3. The molecule has 7 nitrogen and oxygen atoms in total. The number of thiophene rings is 1. The van der Waals surface area contributed by atoms with Crippen molar-refractivity contribution in [3.63, 3.8) is 0 Å². The molecule has 0 saturated carbocycles. The number of carbonyl (C=O) groups is 2. The summed E-state index contributed by atoms with van der Waals surface area (Å²) in [6.07, 6.45) is 1.67. The van der Waals surface area contributed by atoms with Gasteiger partial charge in [-0.15, -0.1) is 0 Å². The Morgan fingerprint density at radius 1 is 1.24 bits per heavy atom. The molecule has 1 fully saturated rings. The van der Waals surface area contributed by atoms with E-state index >= 15 is 0 Å². The smallest absolute Gasteiger partial charge is 0.331 e. The highest BCUT2D eigenvalue weighted by atomic mass is 32.1. The van der Waals surface area contributed by atoms with Gasteiger partial charge >= 0.3 is 5.00 Å². The Morgan fingerprint density at radius 2 is 1.96 bits per heavy atom. The highest BCUT2D eigenvalue weighted by Gasteiger charge is 2.40. The van der Waals surface area contributed by atoms with Crippen molar-refractivity contribution in [2.24, 2.45) is 0 Å². The molecule has 1 unspecified atom stereocenters. The number of hydrogen-bond acceptors (Lipinski definition) is 5. The second kappa shape index (κ2) is 6.48. The van der Waals surface area contributed by atoms with Gasteiger partial charge in [0.2, 0.25) is 5.91 Å². The van der Waals surface area contributed by atoms with E-state index in [1.54, 1.807) is 12.3 Å². The highest BCUT2D eigenvalue weighted by Crippen LogP contribution is 2.28. The van der Waals surface area contributed by atoms with Gasteiger partial charge in [-0.05, 0) is 30.0 Å². The maximum atomic E-state index is 12.5. The largest absolute Gasteiger partial charge is 0.336 e. The molecule has 1 saturated heterocycles. The van der Waals surface area contributed by atoms with E-state index in [1.807, 2.05) is 30.3 Å². The second-order valence-corrected chi connectivity index (χ2v) is 6.79. The molecule has 0 bridgehead atoms. The number of piperazine rings is 1. The molecule has 8 heteroatoms. The van der Waals surface area contributed by atoms with Gasteiger partial charge in [-0.3, -0.25) is 19.7 Å². The van der Waals surface area contributed by atoms with Crippen LogP contribution in [0.3, 0.4) is 0 Å². The quantitative estimate of drug-likeness (QED) is 0.498. The number of amides is 2. The topological polar surface area (TPSA) is 101 Å². The normalized spacial score (nSPS) is 21.7. The van der Waals surface area contributed by atoms with Crippen molar-refractivity contribution in [3.05, 3.63) is 68.7 Å². The van der Waals surface area contributed by atoms with E-state index in [9.17, 15) is 19.7 Å². The van der Waals surface area contributed by atoms with Crippen molar-refractivity contribution in [2.45, 2.75) is 18.9 Å². The summed E-state index contributed by atoms with van der Waals surface area (Å²) >= 11 is 0.962. The van der Waals surface area contributed by atoms with Gasteiger partial charge in [0.25, 0.3) is 5.91 Å². The predicted octanol–water partition coefficient (Wildman–Crippen LogP) is 2.24. The molecule has 0 spiro atoms. The summed E-state index contributed by atoms with van der Waals surface area (Å²) in [5.74, 6) is -0.835. The van der Waals surface area contributed by atoms with E-state index in [0.29, 0.717) is 6.42 Å². The molecule has 1 aromatic carbocycles. The number of nitrogens with one attached hydrogen (secondary N) is 2. The van der Waals surface area contributed by atoms with Crippen LogP contribution in [0.15, 0.2) is 47.5 Å². The van der Waals surface area contributed by atoms with Gasteiger partial charge in [-0.2, -0.15) is 0 Å². The Hall–Kier alpha value is -3.00. The lowest BCUT2D eigenvalue weighted by atomic mass is 9.89. The third-order valence-electron chi connectivity index (χ3n) is 3.92. The highest BCUT2D eigenvalue weighted by molar-refractivity contribution is 7.13. The fourth-order valence-electron chi connectivity index (χ4n) is 2.65. The molecular weight excluding hydrogens is 342 g/mol. The fraction of sp³-hybridized carbons (Fsp3) is 0.176. The summed E-state index contributed by atoms with van der Waals surface area (Å²) in [7, 11) is 0. The first-order valence-corrected chi connectivity index (χ1v) is 8.38. The molecule has 0 radical (unpaired) electrons. The molecule has 25 heavy (non-hydrogen) atoms. The number of nitro groups is 1. The molecule has 1 aromatic heterocycles. The van der Waals surface area contributed by atoms with Gasteiger partial charge < -0.3 is 10.6 Å². The number of benzene rings is 1. The minimum Gasteiger partial charge on any atom is -0.336 e. The lowest BCUT2D eigenvalue weighted by Crippen LogP contribution is -2.64. The number of carbonyl (C=O) groups excluding carboxylic acids is 2. The van der Waals surface area contributed by atoms with E-state index in [1.165, 1.54) is 12.1 Å². The SMILES string of the molecule is CC1(Cc2ccccc2)NC(=O)C(=Cc2ccsc2[N+](=O)[O-])NC1=O. The van der Waals surface area contributed by atoms with Gasteiger partial charge in [0.05, 0.1) is 10.5 Å². The Balaban J connectivity index is 1.84. The van der Waals surface area contributed by atoms with Crippen molar-refractivity contribution < 1.29 is 14.5 Å². The lowest BCUT2D eigenvalue weighted by molar-refractivity contribution is -0.380. The van der Waals surface area contributed by atoms with Gasteiger partial charge in [0.15, 0.2) is 0 Å². The van der Waals surface area contributed by atoms with Crippen LogP contribution in [0.25, 0.3) is 6.08 Å². The summed E-state index contributed by atoms with van der Waals surface area (Å²) in [6, 6.07) is 10.9. The van der Waals surface area contributed by atoms with Crippen LogP contribution in [0.5, 0.6) is 0 Å². The molecule has 1 atom stereocenters. The zero-order chi connectivity index (χ0) is 18.0. The molecule has 2 amide bonds. The van der Waals surface area contributed by atoms with Crippen LogP contribution in [0.4, 0.5) is 5.00 Å². The molecule has 1 aliphatic rings. The van der Waals surface area contributed by atoms with Gasteiger partial charge in [-0.25, -0.2) is 0 Å². The molecule has 1 aliphatic heterocycles. The minimum atomic E-state index is -1.09. The Labute approximate surface area is 147 Å². The first kappa shape index (κ1) is 16.8. The van der Waals surface area contributed by atoms with Crippen molar-refractivity contribution >= 4 is 34.2 Å². The summed E-state index contributed by atoms with van der Waals surface area (Å²) in [5, 5.41) is 17.8. The number of rotatable bonds is 4. The molecule has 2 heterocycles. The molecule has 0 aliphatic carbocycles. The molecule has 2 N–H and O–H groups in total. The van der Waals surface area contributed by atoms with Crippen molar-refractivity contribution in [1.82, 2.24) is 10.6 Å². The summed E-state index contributed by atoms with van der Waals surface area (Å²) < 4.78 is 0. The maximum Gasteiger partial charge on any atom is 0.331 e. The number of hydrogen-bond donors (Lipinski definition) is 2. The van der Waals surface area contributed by atoms with Crippen LogP contribution in [-0.4, -0.2) is 22.3 Å². The molecule has 3 rings (SSSR count). The Morgan fingerprint density at radius 3 is 2.64 bits per heavy atom. The molecule has 128 valence electrons. The third-order valence-corrected chi connectivity index (χ3v) is 4.80. The van der Waals surface area contributed by atoms with E-state index < -0.39 is 16.4 Å². The van der Waals surface area contributed by atoms with Crippen molar-refractivity contribution in [2.75, 3.05) is 0 Å². The average Bonchev–Trinajstić information content (AvgIpc) is 3.02. The van der Waals surface area contributed by atoms with Crippen LogP contribution in [0, 0.1) is 10.1 Å². The van der Waals surface area contributed by atoms with E-state index in [0.717, 1.165) is 16.9 Å². The number of nitrogens with zero attached hydrogens (tertiary/aromatic N) is 1. The molecular formula is C17H15N3O4S. The first-order valence-electron chi connectivity index (χ1n) is 7.50. The van der Waals surface area contributed by atoms with Crippen molar-refractivity contribution in [1.29, 1.82) is 0 Å². The maximum absolute atomic E-state index is 12.5. The minimum absolute atomic E-state index is 0.00274. The van der Waals surface area contributed by atoms with E-state index in [4.69, 9.17) is 0 Å². The summed E-state index contributed by atoms with van der Waals surface area (Å²) in [5.41, 5.74) is 0.113. The second-order valence-electron chi connectivity index (χ2n) is 5.90. The van der Waals surface area contributed by atoms with Gasteiger partial charge in [0, 0.05) is 6.42 Å². The first-order chi connectivity index (χ1) is 11.9. The Kier molecular flexibility index (Phi) is 4.37. The van der Waals surface area contributed by atoms with Gasteiger partial charge in [-0.1, -0.05) is 41.7 Å². The van der Waals surface area contributed by atoms with Crippen LogP contribution >= 0.6 is 11.3 Å². The van der Waals surface area contributed by atoms with Crippen LogP contribution in [0.2, 0.25) is 0 Å². The van der Waals surface area contributed by atoms with Crippen molar-refractivity contribution in [3.8, 4) is 0 Å². The van der Waals surface area contributed by atoms with Crippen LogP contribution < -0.4 is 10.6 Å². The third kappa shape index (κ3) is 3.43. The van der Waals surface area contributed by atoms with Crippen LogP contribution in [0.1, 0.15) is 18.1 Å². The Bertz CT molecular complexity index is 875. The standard InChI is InChI=1S/C17H15N3O4S/c1-17(10-11-5-3-2-4-6-11)16(22)18-13(14(21)19-17)9-12-7-8-25-15(12)20(23)24/h2-9H,10H2,1H3,(H,18,22)(H,19,21). The zero-order valence-corrected chi connectivity index (χ0v) is 14.1. The molecule has 2 aromatic rings. The summed E-state index contributed by atoms with van der Waals surface area (Å²) in [6.45, 7) is 1.65. The van der Waals surface area contributed by atoms with Gasteiger partial charge in [0.1, 0.15) is 11.2 Å². The van der Waals surface area contributed by atoms with E-state index in [2.05, 4.69) is 10.6 Å². The average molecular weight is 357 g/mol.